The monoisotopic (exact) mass is 439 g/mol. The Labute approximate surface area is 178 Å². The fourth-order valence-electron chi connectivity index (χ4n) is 3.38. The summed E-state index contributed by atoms with van der Waals surface area (Å²) in [5, 5.41) is 0. The zero-order valence-corrected chi connectivity index (χ0v) is 17.5. The van der Waals surface area contributed by atoms with Gasteiger partial charge in [0.1, 0.15) is 11.5 Å². The van der Waals surface area contributed by atoms with Crippen molar-refractivity contribution in [3.63, 3.8) is 0 Å². The molecule has 0 aliphatic carbocycles. The van der Waals surface area contributed by atoms with E-state index < -0.39 is 27.7 Å². The third kappa shape index (κ3) is 3.79. The molecule has 158 valence electrons. The van der Waals surface area contributed by atoms with Gasteiger partial charge in [-0.3, -0.25) is 24.2 Å². The highest BCUT2D eigenvalue weighted by Gasteiger charge is 2.37. The second-order valence-electron chi connectivity index (χ2n) is 7.27. The van der Waals surface area contributed by atoms with E-state index in [2.05, 4.69) is 9.71 Å². The Hall–Kier alpha value is -3.59. The highest BCUT2D eigenvalue weighted by atomic mass is 32.2. The van der Waals surface area contributed by atoms with E-state index in [1.165, 1.54) is 24.4 Å². The molecule has 0 saturated heterocycles. The molecule has 2 aromatic carbocycles. The van der Waals surface area contributed by atoms with Crippen molar-refractivity contribution in [1.82, 2.24) is 9.88 Å². The van der Waals surface area contributed by atoms with Crippen LogP contribution in [0, 0.1) is 19.7 Å². The summed E-state index contributed by atoms with van der Waals surface area (Å²) < 4.78 is 42.7. The van der Waals surface area contributed by atoms with Gasteiger partial charge in [-0.05, 0) is 60.9 Å². The van der Waals surface area contributed by atoms with Crippen molar-refractivity contribution in [2.75, 3.05) is 4.72 Å². The van der Waals surface area contributed by atoms with Crippen LogP contribution in [0.3, 0.4) is 0 Å². The maximum Gasteiger partial charge on any atom is 0.280 e. The first-order chi connectivity index (χ1) is 14.7. The molecule has 0 spiro atoms. The Balaban J connectivity index is 1.71. The molecule has 1 aliphatic heterocycles. The summed E-state index contributed by atoms with van der Waals surface area (Å²) in [5.74, 6) is -1.96. The lowest BCUT2D eigenvalue weighted by Gasteiger charge is -2.18. The number of carbonyl (C=O) groups excluding carboxylic acids is 2. The van der Waals surface area contributed by atoms with Gasteiger partial charge in [0.15, 0.2) is 0 Å². The van der Waals surface area contributed by atoms with Crippen molar-refractivity contribution in [2.45, 2.75) is 25.3 Å². The molecule has 0 atom stereocenters. The lowest BCUT2D eigenvalue weighted by molar-refractivity contribution is 0.0639. The summed E-state index contributed by atoms with van der Waals surface area (Å²) >= 11 is 0. The molecule has 1 N–H and O–H groups in total. The van der Waals surface area contributed by atoms with E-state index in [9.17, 15) is 22.4 Å². The van der Waals surface area contributed by atoms with Gasteiger partial charge in [-0.25, -0.2) is 12.8 Å². The Bertz CT molecular complexity index is 1300. The van der Waals surface area contributed by atoms with Gasteiger partial charge in [0.05, 0.1) is 22.7 Å². The Morgan fingerprint density at radius 1 is 1.03 bits per heavy atom. The first kappa shape index (κ1) is 20.7. The minimum Gasteiger partial charge on any atom is -0.279 e. The van der Waals surface area contributed by atoms with Crippen molar-refractivity contribution in [3.8, 4) is 0 Å². The number of rotatable bonds is 5. The van der Waals surface area contributed by atoms with Crippen molar-refractivity contribution in [3.05, 3.63) is 88.5 Å². The van der Waals surface area contributed by atoms with Crippen molar-refractivity contribution in [1.29, 1.82) is 0 Å². The van der Waals surface area contributed by atoms with E-state index >= 15 is 0 Å². The van der Waals surface area contributed by atoms with Crippen LogP contribution in [-0.2, 0) is 16.6 Å². The van der Waals surface area contributed by atoms with Gasteiger partial charge in [-0.2, -0.15) is 0 Å². The van der Waals surface area contributed by atoms with Gasteiger partial charge in [-0.1, -0.05) is 18.2 Å². The quantitative estimate of drug-likeness (QED) is 0.615. The number of nitrogens with one attached hydrogen (secondary N) is 1. The standard InChI is InChI=1S/C22H18FN3O4S/c1-13-5-6-14(2)18(10-13)25-31(29,30)19-11-16(23)8-7-15(19)12-26-21(27)17-4-3-9-24-20(17)22(26)28/h3-11,25H,12H2,1-2H3. The summed E-state index contributed by atoms with van der Waals surface area (Å²) in [6, 6.07) is 11.5. The Kier molecular flexibility index (Phi) is 5.06. The Morgan fingerprint density at radius 3 is 2.55 bits per heavy atom. The summed E-state index contributed by atoms with van der Waals surface area (Å²) in [6.45, 7) is 3.23. The van der Waals surface area contributed by atoms with E-state index in [-0.39, 0.29) is 28.3 Å². The van der Waals surface area contributed by atoms with Crippen LogP contribution in [0.5, 0.6) is 0 Å². The summed E-state index contributed by atoms with van der Waals surface area (Å²) in [6.07, 6.45) is 1.40. The third-order valence-electron chi connectivity index (χ3n) is 5.02. The smallest absolute Gasteiger partial charge is 0.279 e. The number of sulfonamides is 1. The third-order valence-corrected chi connectivity index (χ3v) is 6.46. The number of pyridine rings is 1. The summed E-state index contributed by atoms with van der Waals surface area (Å²) in [4.78, 5) is 29.7. The van der Waals surface area contributed by atoms with Crippen LogP contribution in [0.2, 0.25) is 0 Å². The summed E-state index contributed by atoms with van der Waals surface area (Å²) in [7, 11) is -4.20. The van der Waals surface area contributed by atoms with Crippen LogP contribution < -0.4 is 4.72 Å². The average Bonchev–Trinajstić information content (AvgIpc) is 2.97. The number of halogens is 1. The largest absolute Gasteiger partial charge is 0.280 e. The van der Waals surface area contributed by atoms with Crippen molar-refractivity contribution >= 4 is 27.5 Å². The van der Waals surface area contributed by atoms with E-state index in [0.717, 1.165) is 22.6 Å². The number of hydrogen-bond acceptors (Lipinski definition) is 5. The molecule has 2 heterocycles. The number of amides is 2. The lowest BCUT2D eigenvalue weighted by atomic mass is 10.1. The van der Waals surface area contributed by atoms with E-state index in [1.54, 1.807) is 19.1 Å². The predicted octanol–water partition coefficient (Wildman–Crippen LogP) is 3.43. The molecule has 7 nitrogen and oxygen atoms in total. The molecule has 9 heteroatoms. The topological polar surface area (TPSA) is 96.4 Å². The number of carbonyl (C=O) groups is 2. The minimum atomic E-state index is -4.20. The van der Waals surface area contributed by atoms with Gasteiger partial charge in [0, 0.05) is 6.20 Å². The van der Waals surface area contributed by atoms with E-state index in [4.69, 9.17) is 0 Å². The molecule has 3 aromatic rings. The molecule has 0 fully saturated rings. The first-order valence-corrected chi connectivity index (χ1v) is 10.9. The number of imide groups is 1. The van der Waals surface area contributed by atoms with Crippen LogP contribution >= 0.6 is 0 Å². The number of fused-ring (bicyclic) bond motifs is 1. The molecule has 31 heavy (non-hydrogen) atoms. The zero-order chi connectivity index (χ0) is 22.3. The molecule has 0 radical (unpaired) electrons. The molecule has 0 unspecified atom stereocenters. The van der Waals surface area contributed by atoms with Gasteiger partial charge in [0.2, 0.25) is 0 Å². The van der Waals surface area contributed by atoms with Crippen LogP contribution in [0.4, 0.5) is 10.1 Å². The number of aromatic nitrogens is 1. The highest BCUT2D eigenvalue weighted by molar-refractivity contribution is 7.92. The number of aryl methyl sites for hydroxylation is 2. The number of anilines is 1. The minimum absolute atomic E-state index is 0.00697. The predicted molar refractivity (Wildman–Crippen MR) is 112 cm³/mol. The second-order valence-corrected chi connectivity index (χ2v) is 8.92. The molecule has 1 aliphatic rings. The van der Waals surface area contributed by atoms with E-state index in [1.807, 2.05) is 13.0 Å². The van der Waals surface area contributed by atoms with Gasteiger partial charge in [-0.15, -0.1) is 0 Å². The van der Waals surface area contributed by atoms with Crippen LogP contribution in [0.1, 0.15) is 37.5 Å². The van der Waals surface area contributed by atoms with Gasteiger partial charge < -0.3 is 0 Å². The maximum atomic E-state index is 14.0. The fourth-order valence-corrected chi connectivity index (χ4v) is 4.75. The number of hydrogen-bond donors (Lipinski definition) is 1. The van der Waals surface area contributed by atoms with Crippen LogP contribution in [0.25, 0.3) is 0 Å². The SMILES string of the molecule is Cc1ccc(C)c(NS(=O)(=O)c2cc(F)ccc2CN2C(=O)c3cccnc3C2=O)c1. The molecule has 4 rings (SSSR count). The molecule has 0 saturated carbocycles. The first-order valence-electron chi connectivity index (χ1n) is 9.37. The van der Waals surface area contributed by atoms with Crippen molar-refractivity contribution in [2.24, 2.45) is 0 Å². The second kappa shape index (κ2) is 7.59. The molecule has 0 bridgehead atoms. The average molecular weight is 439 g/mol. The van der Waals surface area contributed by atoms with Crippen LogP contribution in [-0.4, -0.2) is 30.1 Å². The highest BCUT2D eigenvalue weighted by Crippen LogP contribution is 2.28. The van der Waals surface area contributed by atoms with Gasteiger partial charge >= 0.3 is 0 Å². The van der Waals surface area contributed by atoms with Crippen LogP contribution in [0.15, 0.2) is 59.6 Å². The number of benzene rings is 2. The van der Waals surface area contributed by atoms with Crippen molar-refractivity contribution < 1.29 is 22.4 Å². The van der Waals surface area contributed by atoms with Gasteiger partial charge in [0.25, 0.3) is 21.8 Å². The Morgan fingerprint density at radius 2 is 1.81 bits per heavy atom. The fraction of sp³-hybridized carbons (Fsp3) is 0.136. The maximum absolute atomic E-state index is 14.0. The molecular weight excluding hydrogens is 421 g/mol. The molecule has 2 amide bonds. The normalized spacial score (nSPS) is 13.5. The molecular formula is C22H18FN3O4S. The zero-order valence-electron chi connectivity index (χ0n) is 16.7. The lowest BCUT2D eigenvalue weighted by Crippen LogP contribution is -2.30. The molecule has 1 aromatic heterocycles. The number of nitrogens with zero attached hydrogens (tertiary/aromatic N) is 2. The summed E-state index contributed by atoms with van der Waals surface area (Å²) in [5.41, 5.74) is 2.16. The van der Waals surface area contributed by atoms with E-state index in [0.29, 0.717) is 11.3 Å².